The molecule has 3 N–H and O–H groups in total. The Kier molecular flexibility index (Phi) is 5.73. The highest BCUT2D eigenvalue weighted by Gasteiger charge is 2.10. The lowest BCUT2D eigenvalue weighted by molar-refractivity contribution is 0.0936. The molecule has 116 valence electrons. The molecule has 0 unspecified atom stereocenters. The van der Waals surface area contributed by atoms with Crippen LogP contribution in [0.2, 0.25) is 0 Å². The van der Waals surface area contributed by atoms with Crippen molar-refractivity contribution in [2.45, 2.75) is 38.8 Å². The van der Waals surface area contributed by atoms with E-state index in [2.05, 4.69) is 31.3 Å². The Morgan fingerprint density at radius 3 is 2.27 bits per heavy atom. The van der Waals surface area contributed by atoms with Gasteiger partial charge in [-0.2, -0.15) is 0 Å². The summed E-state index contributed by atoms with van der Waals surface area (Å²) in [6.07, 6.45) is 1.24. The van der Waals surface area contributed by atoms with Crippen LogP contribution >= 0.6 is 0 Å². The quantitative estimate of drug-likeness (QED) is 0.802. The van der Waals surface area contributed by atoms with Crippen LogP contribution in [0.4, 0.5) is 0 Å². The lowest BCUT2D eigenvalue weighted by Crippen LogP contribution is -2.41. The van der Waals surface area contributed by atoms with Gasteiger partial charge in [-0.15, -0.1) is 0 Å². The minimum absolute atomic E-state index is 0.115. The molecule has 0 heterocycles. The van der Waals surface area contributed by atoms with Gasteiger partial charge in [-0.3, -0.25) is 4.79 Å². The Balaban J connectivity index is 1.85. The van der Waals surface area contributed by atoms with Gasteiger partial charge in [0.25, 0.3) is 5.91 Å². The van der Waals surface area contributed by atoms with Crippen molar-refractivity contribution in [3.8, 4) is 0 Å². The van der Waals surface area contributed by atoms with Crippen molar-refractivity contribution >= 4 is 5.91 Å². The maximum Gasteiger partial charge on any atom is 0.252 e. The van der Waals surface area contributed by atoms with Gasteiger partial charge < -0.3 is 11.1 Å². The van der Waals surface area contributed by atoms with Gasteiger partial charge in [0.05, 0.1) is 6.17 Å². The maximum absolute atomic E-state index is 12.2. The molecular weight excluding hydrogens is 272 g/mol. The molecule has 0 aliphatic carbocycles. The topological polar surface area (TPSA) is 55.1 Å². The van der Waals surface area contributed by atoms with Crippen LogP contribution in [-0.4, -0.2) is 12.1 Å². The zero-order chi connectivity index (χ0) is 15.9. The molecule has 1 atom stereocenters. The highest BCUT2D eigenvalue weighted by molar-refractivity contribution is 5.94. The smallest absolute Gasteiger partial charge is 0.252 e. The van der Waals surface area contributed by atoms with Gasteiger partial charge in [0, 0.05) is 5.56 Å². The Morgan fingerprint density at radius 1 is 1.05 bits per heavy atom. The van der Waals surface area contributed by atoms with E-state index in [1.165, 1.54) is 11.1 Å². The summed E-state index contributed by atoms with van der Waals surface area (Å²) in [4.78, 5) is 12.2. The van der Waals surface area contributed by atoms with Crippen LogP contribution in [-0.2, 0) is 6.42 Å². The molecule has 1 amide bonds. The predicted octanol–water partition coefficient (Wildman–Crippen LogP) is 3.46. The van der Waals surface area contributed by atoms with E-state index in [0.29, 0.717) is 11.5 Å². The van der Waals surface area contributed by atoms with Crippen LogP contribution in [0.3, 0.4) is 0 Å². The standard InChI is InChI=1S/C19H24N2O/c1-14(2)16-9-11-17(12-10-16)19(22)21-18(20)13-8-15-6-4-3-5-7-15/h3-7,9-12,14,18H,8,13,20H2,1-2H3,(H,21,22)/t18-/m1/s1. The van der Waals surface area contributed by atoms with E-state index >= 15 is 0 Å². The number of nitrogens with two attached hydrogens (primary N) is 1. The number of amides is 1. The third kappa shape index (κ3) is 4.71. The SMILES string of the molecule is CC(C)c1ccc(C(=O)N[C@@H](N)CCc2ccccc2)cc1. The number of hydrogen-bond donors (Lipinski definition) is 2. The number of nitrogens with one attached hydrogen (secondary N) is 1. The second kappa shape index (κ2) is 7.76. The van der Waals surface area contributed by atoms with Crippen molar-refractivity contribution < 1.29 is 4.79 Å². The maximum atomic E-state index is 12.2. The predicted molar refractivity (Wildman–Crippen MR) is 90.7 cm³/mol. The lowest BCUT2D eigenvalue weighted by atomic mass is 10.0. The van der Waals surface area contributed by atoms with E-state index in [9.17, 15) is 4.79 Å². The lowest BCUT2D eigenvalue weighted by Gasteiger charge is -2.14. The second-order valence-corrected chi connectivity index (χ2v) is 5.88. The Morgan fingerprint density at radius 2 is 1.68 bits per heavy atom. The minimum Gasteiger partial charge on any atom is -0.337 e. The monoisotopic (exact) mass is 296 g/mol. The first-order valence-electron chi connectivity index (χ1n) is 7.76. The molecule has 0 radical (unpaired) electrons. The number of carbonyl (C=O) groups is 1. The molecule has 0 spiro atoms. The molecule has 2 aromatic rings. The summed E-state index contributed by atoms with van der Waals surface area (Å²) in [5, 5.41) is 2.85. The van der Waals surface area contributed by atoms with Gasteiger partial charge in [0.2, 0.25) is 0 Å². The molecule has 3 nitrogen and oxygen atoms in total. The number of rotatable bonds is 6. The molecule has 0 fully saturated rings. The van der Waals surface area contributed by atoms with E-state index in [4.69, 9.17) is 5.73 Å². The molecule has 2 aromatic carbocycles. The van der Waals surface area contributed by atoms with Crippen LogP contribution in [0.15, 0.2) is 54.6 Å². The Bertz CT molecular complexity index is 591. The first kappa shape index (κ1) is 16.2. The van der Waals surface area contributed by atoms with E-state index in [0.717, 1.165) is 12.8 Å². The molecule has 0 aliphatic heterocycles. The molecule has 2 rings (SSSR count). The summed E-state index contributed by atoms with van der Waals surface area (Å²) in [6, 6.07) is 17.9. The van der Waals surface area contributed by atoms with Crippen molar-refractivity contribution in [1.82, 2.24) is 5.32 Å². The van der Waals surface area contributed by atoms with Crippen LogP contribution in [0.5, 0.6) is 0 Å². The fourth-order valence-electron chi connectivity index (χ4n) is 2.31. The van der Waals surface area contributed by atoms with E-state index < -0.39 is 0 Å². The molecule has 0 aliphatic rings. The van der Waals surface area contributed by atoms with Crippen LogP contribution < -0.4 is 11.1 Å². The van der Waals surface area contributed by atoms with Gasteiger partial charge in [-0.25, -0.2) is 0 Å². The average Bonchev–Trinajstić information content (AvgIpc) is 2.54. The second-order valence-electron chi connectivity index (χ2n) is 5.88. The number of carbonyl (C=O) groups excluding carboxylic acids is 1. The third-order valence-corrected chi connectivity index (χ3v) is 3.74. The number of benzene rings is 2. The summed E-state index contributed by atoms with van der Waals surface area (Å²) < 4.78 is 0. The molecule has 0 bridgehead atoms. The van der Waals surface area contributed by atoms with Crippen molar-refractivity contribution in [3.05, 3.63) is 71.3 Å². The number of aryl methyl sites for hydroxylation is 1. The zero-order valence-electron chi connectivity index (χ0n) is 13.3. The zero-order valence-corrected chi connectivity index (χ0v) is 13.3. The average molecular weight is 296 g/mol. The van der Waals surface area contributed by atoms with Crippen molar-refractivity contribution in [1.29, 1.82) is 0 Å². The fourth-order valence-corrected chi connectivity index (χ4v) is 2.31. The summed E-state index contributed by atoms with van der Waals surface area (Å²) in [7, 11) is 0. The summed E-state index contributed by atoms with van der Waals surface area (Å²) in [6.45, 7) is 4.27. The molecule has 0 saturated carbocycles. The Labute approximate surface area is 132 Å². The first-order chi connectivity index (χ1) is 10.6. The highest BCUT2D eigenvalue weighted by atomic mass is 16.1. The normalized spacial score (nSPS) is 12.2. The molecule has 0 saturated heterocycles. The van der Waals surface area contributed by atoms with E-state index in [-0.39, 0.29) is 12.1 Å². The van der Waals surface area contributed by atoms with E-state index in [1.54, 1.807) is 0 Å². The van der Waals surface area contributed by atoms with Crippen molar-refractivity contribution in [2.24, 2.45) is 5.73 Å². The summed E-state index contributed by atoms with van der Waals surface area (Å²) >= 11 is 0. The molecule has 0 aromatic heterocycles. The Hall–Kier alpha value is -2.13. The van der Waals surface area contributed by atoms with Gasteiger partial charge >= 0.3 is 0 Å². The summed E-state index contributed by atoms with van der Waals surface area (Å²) in [5.74, 6) is 0.348. The number of hydrogen-bond acceptors (Lipinski definition) is 2. The van der Waals surface area contributed by atoms with Crippen LogP contribution in [0.25, 0.3) is 0 Å². The van der Waals surface area contributed by atoms with Gasteiger partial charge in [0.1, 0.15) is 0 Å². The van der Waals surface area contributed by atoms with Gasteiger partial charge in [0.15, 0.2) is 0 Å². The third-order valence-electron chi connectivity index (χ3n) is 3.74. The highest BCUT2D eigenvalue weighted by Crippen LogP contribution is 2.14. The molecule has 22 heavy (non-hydrogen) atoms. The van der Waals surface area contributed by atoms with Crippen molar-refractivity contribution in [3.63, 3.8) is 0 Å². The first-order valence-corrected chi connectivity index (χ1v) is 7.76. The van der Waals surface area contributed by atoms with Gasteiger partial charge in [-0.05, 0) is 42.0 Å². The minimum atomic E-state index is -0.336. The molecule has 3 heteroatoms. The van der Waals surface area contributed by atoms with Crippen LogP contribution in [0, 0.1) is 0 Å². The fraction of sp³-hybridized carbons (Fsp3) is 0.316. The van der Waals surface area contributed by atoms with Crippen molar-refractivity contribution in [2.75, 3.05) is 0 Å². The summed E-state index contributed by atoms with van der Waals surface area (Å²) in [5.41, 5.74) is 9.12. The van der Waals surface area contributed by atoms with Gasteiger partial charge in [-0.1, -0.05) is 56.3 Å². The molecular formula is C19H24N2O. The largest absolute Gasteiger partial charge is 0.337 e. The van der Waals surface area contributed by atoms with Crippen LogP contribution in [0.1, 0.15) is 47.7 Å². The van der Waals surface area contributed by atoms with E-state index in [1.807, 2.05) is 42.5 Å².